The number of phenolic OH excluding ortho intramolecular Hbond substituents is 1. The normalized spacial score (nSPS) is 13.6. The van der Waals surface area contributed by atoms with Crippen molar-refractivity contribution >= 4 is 35.5 Å². The maximum atomic E-state index is 12.6. The van der Waals surface area contributed by atoms with E-state index < -0.39 is 41.8 Å². The summed E-state index contributed by atoms with van der Waals surface area (Å²) in [6.45, 7) is 3.37. The van der Waals surface area contributed by atoms with Gasteiger partial charge in [-0.1, -0.05) is 26.0 Å². The summed E-state index contributed by atoms with van der Waals surface area (Å²) in [6, 6.07) is 3.39. The van der Waals surface area contributed by atoms with Crippen LogP contribution in [0.5, 0.6) is 5.75 Å². The van der Waals surface area contributed by atoms with Crippen LogP contribution in [0.3, 0.4) is 0 Å². The summed E-state index contributed by atoms with van der Waals surface area (Å²) in [5.41, 5.74) is 6.64. The Balaban J connectivity index is 2.62. The van der Waals surface area contributed by atoms with Crippen LogP contribution in [-0.4, -0.2) is 70.6 Å². The van der Waals surface area contributed by atoms with E-state index in [9.17, 15) is 29.4 Å². The maximum absolute atomic E-state index is 12.6. The van der Waals surface area contributed by atoms with Gasteiger partial charge in [-0.3, -0.25) is 14.4 Å². The third kappa shape index (κ3) is 11.1. The number of benzene rings is 1. The van der Waals surface area contributed by atoms with Crippen LogP contribution in [-0.2, 0) is 25.6 Å². The highest BCUT2D eigenvalue weighted by Gasteiger charge is 2.27. The summed E-state index contributed by atoms with van der Waals surface area (Å²) in [5.74, 6) is -2.11. The Hall–Kier alpha value is -2.79. The highest BCUT2D eigenvalue weighted by Crippen LogP contribution is 2.11. The molecule has 0 bridgehead atoms. The first-order valence-corrected chi connectivity index (χ1v) is 12.1. The number of aliphatic carboxylic acids is 1. The van der Waals surface area contributed by atoms with Crippen molar-refractivity contribution in [1.29, 1.82) is 0 Å². The Morgan fingerprint density at radius 1 is 1.03 bits per heavy atom. The van der Waals surface area contributed by atoms with Gasteiger partial charge in [-0.25, -0.2) is 4.79 Å². The van der Waals surface area contributed by atoms with Gasteiger partial charge in [0.15, 0.2) is 0 Å². The van der Waals surface area contributed by atoms with E-state index in [0.29, 0.717) is 12.2 Å². The van der Waals surface area contributed by atoms with Gasteiger partial charge >= 0.3 is 5.97 Å². The first-order chi connectivity index (χ1) is 15.5. The van der Waals surface area contributed by atoms with Gasteiger partial charge in [0.05, 0.1) is 12.6 Å². The highest BCUT2D eigenvalue weighted by molar-refractivity contribution is 7.98. The number of aromatic hydroxyl groups is 1. The number of phenols is 1. The van der Waals surface area contributed by atoms with Crippen LogP contribution < -0.4 is 21.7 Å². The summed E-state index contributed by atoms with van der Waals surface area (Å²) in [6.07, 6.45) is 2.63. The van der Waals surface area contributed by atoms with E-state index in [0.717, 1.165) is 5.56 Å². The molecular weight excluding hydrogens is 448 g/mol. The van der Waals surface area contributed by atoms with Crippen LogP contribution in [0.25, 0.3) is 0 Å². The number of hydrogen-bond donors (Lipinski definition) is 6. The van der Waals surface area contributed by atoms with E-state index in [1.54, 1.807) is 12.1 Å². The summed E-state index contributed by atoms with van der Waals surface area (Å²) >= 11 is 1.47. The van der Waals surface area contributed by atoms with Gasteiger partial charge in [-0.15, -0.1) is 0 Å². The van der Waals surface area contributed by atoms with E-state index in [-0.39, 0.29) is 31.1 Å². The minimum Gasteiger partial charge on any atom is -0.508 e. The van der Waals surface area contributed by atoms with Crippen LogP contribution >= 0.6 is 11.8 Å². The molecule has 0 aliphatic carbocycles. The lowest BCUT2D eigenvalue weighted by Crippen LogP contribution is -2.54. The van der Waals surface area contributed by atoms with Gasteiger partial charge in [0.25, 0.3) is 0 Å². The van der Waals surface area contributed by atoms with Crippen LogP contribution in [0, 0.1) is 5.92 Å². The number of carboxylic acid groups (broad SMARTS) is 1. The van der Waals surface area contributed by atoms with Gasteiger partial charge in [0.1, 0.15) is 17.8 Å². The molecule has 0 saturated carbocycles. The second-order valence-electron chi connectivity index (χ2n) is 8.13. The molecule has 1 aromatic rings. The van der Waals surface area contributed by atoms with E-state index in [2.05, 4.69) is 16.0 Å². The van der Waals surface area contributed by atoms with Crippen LogP contribution in [0.1, 0.15) is 32.3 Å². The number of rotatable bonds is 14. The summed E-state index contributed by atoms with van der Waals surface area (Å²) in [5, 5.41) is 26.1. The number of carbonyl (C=O) groups excluding carboxylic acids is 3. The Morgan fingerprint density at radius 2 is 1.67 bits per heavy atom. The fourth-order valence-corrected chi connectivity index (χ4v) is 3.46. The van der Waals surface area contributed by atoms with E-state index in [4.69, 9.17) is 5.73 Å². The predicted molar refractivity (Wildman–Crippen MR) is 127 cm³/mol. The van der Waals surface area contributed by atoms with Crippen molar-refractivity contribution in [2.75, 3.05) is 18.6 Å². The molecule has 0 saturated heterocycles. The highest BCUT2D eigenvalue weighted by atomic mass is 32.2. The average Bonchev–Trinajstić information content (AvgIpc) is 2.75. The molecule has 1 aromatic carbocycles. The fourth-order valence-electron chi connectivity index (χ4n) is 2.99. The van der Waals surface area contributed by atoms with E-state index in [1.165, 1.54) is 23.9 Å². The topological polar surface area (TPSA) is 171 Å². The third-order valence-electron chi connectivity index (χ3n) is 4.74. The van der Waals surface area contributed by atoms with Crippen molar-refractivity contribution in [2.45, 2.75) is 51.2 Å². The number of carbonyl (C=O) groups is 4. The molecule has 0 heterocycles. The molecule has 0 aliphatic heterocycles. The number of thioether (sulfide) groups is 1. The van der Waals surface area contributed by atoms with Crippen LogP contribution in [0.4, 0.5) is 0 Å². The van der Waals surface area contributed by atoms with Crippen molar-refractivity contribution in [3.63, 3.8) is 0 Å². The SMILES string of the molecule is CSCCC(NC(=O)C(CC(C)C)NC(=O)CNC(=O)C(N)Cc1ccc(O)cc1)C(=O)O. The molecule has 184 valence electrons. The van der Waals surface area contributed by atoms with Crippen LogP contribution in [0.15, 0.2) is 24.3 Å². The quantitative estimate of drug-likeness (QED) is 0.219. The zero-order valence-corrected chi connectivity index (χ0v) is 20.0. The lowest BCUT2D eigenvalue weighted by Gasteiger charge is -2.23. The van der Waals surface area contributed by atoms with Gasteiger partial charge in [-0.2, -0.15) is 11.8 Å². The van der Waals surface area contributed by atoms with Crippen LogP contribution in [0.2, 0.25) is 0 Å². The fraction of sp³-hybridized carbons (Fsp3) is 0.545. The minimum absolute atomic E-state index is 0.0591. The molecule has 0 aromatic heterocycles. The smallest absolute Gasteiger partial charge is 0.326 e. The van der Waals surface area contributed by atoms with Crippen molar-refractivity contribution in [3.05, 3.63) is 29.8 Å². The second-order valence-corrected chi connectivity index (χ2v) is 9.11. The molecule has 3 unspecified atom stereocenters. The van der Waals surface area contributed by atoms with Gasteiger partial charge in [0, 0.05) is 0 Å². The largest absolute Gasteiger partial charge is 0.508 e. The van der Waals surface area contributed by atoms with Gasteiger partial charge in [0.2, 0.25) is 17.7 Å². The van der Waals surface area contributed by atoms with Gasteiger partial charge in [-0.05, 0) is 54.9 Å². The molecule has 1 rings (SSSR count). The number of nitrogens with two attached hydrogens (primary N) is 1. The predicted octanol–water partition coefficient (Wildman–Crippen LogP) is 0.232. The van der Waals surface area contributed by atoms with Crippen molar-refractivity contribution in [2.24, 2.45) is 11.7 Å². The van der Waals surface area contributed by atoms with E-state index >= 15 is 0 Å². The molecule has 7 N–H and O–H groups in total. The molecule has 0 aliphatic rings. The number of carboxylic acids is 1. The standard InChI is InChI=1S/C22H34N4O6S/c1-13(2)10-18(21(30)26-17(22(31)32)8-9-33-3)25-19(28)12-24-20(29)16(23)11-14-4-6-15(27)7-5-14/h4-7,13,16-18,27H,8-12,23H2,1-3H3,(H,24,29)(H,25,28)(H,26,30)(H,31,32). The molecule has 10 nitrogen and oxygen atoms in total. The summed E-state index contributed by atoms with van der Waals surface area (Å²) < 4.78 is 0. The molecule has 0 radical (unpaired) electrons. The monoisotopic (exact) mass is 482 g/mol. The van der Waals surface area contributed by atoms with Crippen molar-refractivity contribution in [1.82, 2.24) is 16.0 Å². The molecule has 3 atom stereocenters. The molecular formula is C22H34N4O6S. The average molecular weight is 483 g/mol. The zero-order chi connectivity index (χ0) is 25.0. The molecule has 0 fully saturated rings. The number of nitrogens with one attached hydrogen (secondary N) is 3. The first kappa shape index (κ1) is 28.2. The lowest BCUT2D eigenvalue weighted by molar-refractivity contribution is -0.142. The third-order valence-corrected chi connectivity index (χ3v) is 5.38. The number of amides is 3. The van der Waals surface area contributed by atoms with Gasteiger partial charge < -0.3 is 31.9 Å². The summed E-state index contributed by atoms with van der Waals surface area (Å²) in [7, 11) is 0. The molecule has 11 heteroatoms. The molecule has 3 amide bonds. The minimum atomic E-state index is -1.14. The Labute approximate surface area is 198 Å². The zero-order valence-electron chi connectivity index (χ0n) is 19.2. The van der Waals surface area contributed by atoms with E-state index in [1.807, 2.05) is 20.1 Å². The Morgan fingerprint density at radius 3 is 2.21 bits per heavy atom. The lowest BCUT2D eigenvalue weighted by atomic mass is 10.0. The Bertz CT molecular complexity index is 803. The number of hydrogen-bond acceptors (Lipinski definition) is 7. The second kappa shape index (κ2) is 14.4. The first-order valence-electron chi connectivity index (χ1n) is 10.7. The van der Waals surface area contributed by atoms with Crippen molar-refractivity contribution < 1.29 is 29.4 Å². The molecule has 0 spiro atoms. The Kier molecular flexibility index (Phi) is 12.3. The maximum Gasteiger partial charge on any atom is 0.326 e. The van der Waals surface area contributed by atoms with Crippen molar-refractivity contribution in [3.8, 4) is 5.75 Å². The summed E-state index contributed by atoms with van der Waals surface area (Å²) in [4.78, 5) is 48.6. The molecule has 33 heavy (non-hydrogen) atoms.